The van der Waals surface area contributed by atoms with Gasteiger partial charge in [-0.15, -0.1) is 0 Å². The first-order valence-corrected chi connectivity index (χ1v) is 7.67. The maximum atomic E-state index is 12.2. The Morgan fingerprint density at radius 2 is 1.53 bits per heavy atom. The lowest BCUT2D eigenvalue weighted by atomic mass is 9.42. The standard InChI is InChI=1S/C15H25BO3/c1-13(2)14(3,4)19-16(18-13)11-10-12(17)15(11)8-6-5-7-9-15/h11H,5-10H2,1-4H3/t11-/m0/s1. The highest BCUT2D eigenvalue weighted by Gasteiger charge is 2.65. The van der Waals surface area contributed by atoms with Crippen LogP contribution in [0.25, 0.3) is 0 Å². The van der Waals surface area contributed by atoms with E-state index in [-0.39, 0.29) is 29.6 Å². The van der Waals surface area contributed by atoms with Crippen LogP contribution in [0.2, 0.25) is 5.82 Å². The molecule has 19 heavy (non-hydrogen) atoms. The van der Waals surface area contributed by atoms with E-state index in [1.807, 2.05) is 0 Å². The molecule has 4 heteroatoms. The number of carbonyl (C=O) groups is 1. The SMILES string of the molecule is CC1(C)OB([C@H]2CC(=O)C23CCCCC3)OC1(C)C. The van der Waals surface area contributed by atoms with E-state index < -0.39 is 0 Å². The first-order valence-electron chi connectivity index (χ1n) is 7.67. The highest BCUT2D eigenvalue weighted by atomic mass is 16.7. The average Bonchev–Trinajstić information content (AvgIpc) is 2.56. The minimum Gasteiger partial charge on any atom is -0.403 e. The summed E-state index contributed by atoms with van der Waals surface area (Å²) in [4.78, 5) is 12.2. The van der Waals surface area contributed by atoms with Gasteiger partial charge in [0.1, 0.15) is 5.78 Å². The van der Waals surface area contributed by atoms with E-state index in [1.165, 1.54) is 19.3 Å². The Kier molecular flexibility index (Phi) is 2.93. The number of hydrogen-bond acceptors (Lipinski definition) is 3. The van der Waals surface area contributed by atoms with Crippen LogP contribution in [0.3, 0.4) is 0 Å². The second kappa shape index (κ2) is 4.08. The van der Waals surface area contributed by atoms with Gasteiger partial charge in [-0.3, -0.25) is 4.79 Å². The minimum absolute atomic E-state index is 0.112. The van der Waals surface area contributed by atoms with Crippen molar-refractivity contribution >= 4 is 12.9 Å². The molecule has 1 heterocycles. The molecule has 3 rings (SSSR count). The summed E-state index contributed by atoms with van der Waals surface area (Å²) in [5.74, 6) is 0.730. The molecule has 0 radical (unpaired) electrons. The zero-order valence-corrected chi connectivity index (χ0v) is 12.6. The molecule has 0 aromatic rings. The Morgan fingerprint density at radius 1 is 1.00 bits per heavy atom. The number of hydrogen-bond donors (Lipinski definition) is 0. The van der Waals surface area contributed by atoms with Crippen molar-refractivity contribution in [3.05, 3.63) is 0 Å². The van der Waals surface area contributed by atoms with Crippen molar-refractivity contribution in [2.75, 3.05) is 0 Å². The predicted octanol–water partition coefficient (Wildman–Crippen LogP) is 3.37. The molecule has 0 aromatic carbocycles. The number of rotatable bonds is 1. The predicted molar refractivity (Wildman–Crippen MR) is 75.0 cm³/mol. The van der Waals surface area contributed by atoms with Crippen molar-refractivity contribution in [3.63, 3.8) is 0 Å². The van der Waals surface area contributed by atoms with Crippen molar-refractivity contribution in [2.45, 2.75) is 83.2 Å². The van der Waals surface area contributed by atoms with E-state index in [4.69, 9.17) is 9.31 Å². The highest BCUT2D eigenvalue weighted by Crippen LogP contribution is 2.60. The topological polar surface area (TPSA) is 35.5 Å². The summed E-state index contributed by atoms with van der Waals surface area (Å²) < 4.78 is 12.3. The molecule has 3 aliphatic rings. The molecule has 3 nitrogen and oxygen atoms in total. The fourth-order valence-corrected chi connectivity index (χ4v) is 3.92. The number of Topliss-reactive ketones (excluding diaryl/α,β-unsaturated/α-hetero) is 1. The van der Waals surface area contributed by atoms with Gasteiger partial charge in [0.2, 0.25) is 0 Å². The molecular formula is C15H25BO3. The molecular weight excluding hydrogens is 239 g/mol. The maximum Gasteiger partial charge on any atom is 0.462 e. The lowest BCUT2D eigenvalue weighted by molar-refractivity contribution is -0.141. The first kappa shape index (κ1) is 13.6. The molecule has 0 amide bonds. The van der Waals surface area contributed by atoms with Crippen molar-refractivity contribution in [1.82, 2.24) is 0 Å². The van der Waals surface area contributed by atoms with E-state index in [1.54, 1.807) is 0 Å². The van der Waals surface area contributed by atoms with Gasteiger partial charge < -0.3 is 9.31 Å². The van der Waals surface area contributed by atoms with E-state index in [2.05, 4.69) is 27.7 Å². The van der Waals surface area contributed by atoms with Crippen LogP contribution in [0.15, 0.2) is 0 Å². The lowest BCUT2D eigenvalue weighted by Gasteiger charge is -2.50. The quantitative estimate of drug-likeness (QED) is 0.681. The van der Waals surface area contributed by atoms with E-state index >= 15 is 0 Å². The van der Waals surface area contributed by atoms with Crippen LogP contribution in [0, 0.1) is 5.41 Å². The largest absolute Gasteiger partial charge is 0.462 e. The third-order valence-corrected chi connectivity index (χ3v) is 6.02. The summed E-state index contributed by atoms with van der Waals surface area (Å²) in [6.07, 6.45) is 6.37. The zero-order valence-electron chi connectivity index (χ0n) is 12.6. The van der Waals surface area contributed by atoms with Gasteiger partial charge in [0.05, 0.1) is 11.2 Å². The molecule has 1 atom stereocenters. The van der Waals surface area contributed by atoms with Gasteiger partial charge in [0, 0.05) is 17.7 Å². The smallest absolute Gasteiger partial charge is 0.403 e. The van der Waals surface area contributed by atoms with Gasteiger partial charge in [-0.05, 0) is 40.5 Å². The maximum absolute atomic E-state index is 12.2. The summed E-state index contributed by atoms with van der Waals surface area (Å²) in [6, 6.07) is 0. The second-order valence-corrected chi connectivity index (χ2v) is 7.58. The Morgan fingerprint density at radius 3 is 2.00 bits per heavy atom. The van der Waals surface area contributed by atoms with Crippen molar-refractivity contribution in [2.24, 2.45) is 5.41 Å². The molecule has 2 aliphatic carbocycles. The fraction of sp³-hybridized carbons (Fsp3) is 0.933. The van der Waals surface area contributed by atoms with Gasteiger partial charge in [-0.2, -0.15) is 0 Å². The van der Waals surface area contributed by atoms with E-state index in [0.29, 0.717) is 12.2 Å². The molecule has 0 N–H and O–H groups in total. The Labute approximate surface area is 116 Å². The summed E-state index contributed by atoms with van der Waals surface area (Å²) in [6.45, 7) is 8.34. The molecule has 2 saturated carbocycles. The van der Waals surface area contributed by atoms with Crippen LogP contribution in [0.4, 0.5) is 0 Å². The average molecular weight is 264 g/mol. The van der Waals surface area contributed by atoms with Crippen molar-refractivity contribution in [1.29, 1.82) is 0 Å². The summed E-state index contributed by atoms with van der Waals surface area (Å²) in [5, 5.41) is 0. The van der Waals surface area contributed by atoms with Crippen molar-refractivity contribution < 1.29 is 14.1 Å². The van der Waals surface area contributed by atoms with E-state index in [0.717, 1.165) is 12.8 Å². The number of carbonyl (C=O) groups excluding carboxylic acids is 1. The third-order valence-electron chi connectivity index (χ3n) is 6.02. The van der Waals surface area contributed by atoms with Crippen LogP contribution in [-0.4, -0.2) is 24.1 Å². The minimum atomic E-state index is -0.286. The summed E-state index contributed by atoms with van der Waals surface area (Å²) in [7, 11) is -0.194. The fourth-order valence-electron chi connectivity index (χ4n) is 3.92. The summed E-state index contributed by atoms with van der Waals surface area (Å²) in [5.41, 5.74) is -0.683. The normalized spacial score (nSPS) is 35.5. The molecule has 0 bridgehead atoms. The van der Waals surface area contributed by atoms with Gasteiger partial charge in [0.15, 0.2) is 0 Å². The molecule has 3 fully saturated rings. The molecule has 0 unspecified atom stereocenters. The monoisotopic (exact) mass is 264 g/mol. The van der Waals surface area contributed by atoms with Gasteiger partial charge in [-0.1, -0.05) is 19.3 Å². The Hall–Kier alpha value is -0.345. The van der Waals surface area contributed by atoms with Gasteiger partial charge in [0.25, 0.3) is 0 Å². The third kappa shape index (κ3) is 1.83. The molecule has 0 aromatic heterocycles. The molecule has 106 valence electrons. The van der Waals surface area contributed by atoms with Crippen LogP contribution < -0.4 is 0 Å². The van der Waals surface area contributed by atoms with Crippen LogP contribution >= 0.6 is 0 Å². The molecule has 1 saturated heterocycles. The first-order chi connectivity index (χ1) is 8.79. The highest BCUT2D eigenvalue weighted by molar-refractivity contribution is 6.50. The van der Waals surface area contributed by atoms with Crippen molar-refractivity contribution in [3.8, 4) is 0 Å². The lowest BCUT2D eigenvalue weighted by Crippen LogP contribution is -2.54. The Bertz CT molecular complexity index is 380. The number of ketones is 1. The van der Waals surface area contributed by atoms with Crippen LogP contribution in [-0.2, 0) is 14.1 Å². The Balaban J connectivity index is 1.79. The summed E-state index contributed by atoms with van der Waals surface area (Å²) >= 11 is 0. The second-order valence-electron chi connectivity index (χ2n) is 7.58. The van der Waals surface area contributed by atoms with E-state index in [9.17, 15) is 4.79 Å². The van der Waals surface area contributed by atoms with Crippen LogP contribution in [0.5, 0.6) is 0 Å². The molecule has 1 spiro atoms. The zero-order chi connectivity index (χ0) is 13.9. The van der Waals surface area contributed by atoms with Gasteiger partial charge in [-0.25, -0.2) is 0 Å². The van der Waals surface area contributed by atoms with Crippen LogP contribution in [0.1, 0.15) is 66.2 Å². The molecule has 1 aliphatic heterocycles. The van der Waals surface area contributed by atoms with Gasteiger partial charge >= 0.3 is 7.12 Å².